The van der Waals surface area contributed by atoms with Crippen molar-refractivity contribution in [3.8, 4) is 0 Å². The number of nitrogens with one attached hydrogen (secondary N) is 1. The summed E-state index contributed by atoms with van der Waals surface area (Å²) in [6.07, 6.45) is 5.13. The summed E-state index contributed by atoms with van der Waals surface area (Å²) in [5.74, 6) is 0.755. The van der Waals surface area contributed by atoms with E-state index in [1.165, 1.54) is 0 Å². The van der Waals surface area contributed by atoms with Crippen LogP contribution >= 0.6 is 0 Å². The number of benzene rings is 1. The lowest BCUT2D eigenvalue weighted by Crippen LogP contribution is -2.63. The van der Waals surface area contributed by atoms with Crippen molar-refractivity contribution in [1.29, 1.82) is 0 Å². The summed E-state index contributed by atoms with van der Waals surface area (Å²) >= 11 is 0. The maximum absolute atomic E-state index is 13.4. The minimum atomic E-state index is -1.02. The minimum Gasteiger partial charge on any atom is -0.369 e. The number of carbonyl (C=O) groups excluding carboxylic acids is 3. The molecule has 5 aliphatic rings. The number of amides is 3. The van der Waals surface area contributed by atoms with Gasteiger partial charge >= 0.3 is 0 Å². The lowest BCUT2D eigenvalue weighted by molar-refractivity contribution is -0.151. The summed E-state index contributed by atoms with van der Waals surface area (Å²) in [5.41, 5.74) is 6.69. The van der Waals surface area contributed by atoms with E-state index in [-0.39, 0.29) is 29.2 Å². The summed E-state index contributed by atoms with van der Waals surface area (Å²) in [6, 6.07) is 8.14. The van der Waals surface area contributed by atoms with Crippen LogP contribution in [0, 0.1) is 35.5 Å². The van der Waals surface area contributed by atoms with E-state index >= 15 is 0 Å². The predicted octanol–water partition coefficient (Wildman–Crippen LogP) is 2.53. The fourth-order valence-electron chi connectivity index (χ4n) is 7.14. The molecule has 1 aromatic carbocycles. The van der Waals surface area contributed by atoms with E-state index in [4.69, 9.17) is 5.73 Å². The Kier molecular flexibility index (Phi) is 4.68. The minimum absolute atomic E-state index is 0.0616. The van der Waals surface area contributed by atoms with E-state index in [2.05, 4.69) is 5.32 Å². The molecule has 6 heteroatoms. The number of carbonyl (C=O) groups is 3. The van der Waals surface area contributed by atoms with E-state index in [1.807, 2.05) is 36.1 Å². The monoisotopic (exact) mass is 423 g/mol. The van der Waals surface area contributed by atoms with Crippen LogP contribution in [-0.2, 0) is 20.9 Å². The lowest BCUT2D eigenvalue weighted by Gasteiger charge is -2.59. The van der Waals surface area contributed by atoms with Crippen molar-refractivity contribution in [3.05, 3.63) is 35.4 Å². The highest BCUT2D eigenvalue weighted by molar-refractivity contribution is 6.06. The molecular weight excluding hydrogens is 390 g/mol. The second kappa shape index (κ2) is 7.07. The first-order valence-electron chi connectivity index (χ1n) is 11.7. The molecule has 1 heterocycles. The Labute approximate surface area is 183 Å². The van der Waals surface area contributed by atoms with Crippen molar-refractivity contribution in [3.63, 3.8) is 0 Å². The van der Waals surface area contributed by atoms with Crippen molar-refractivity contribution in [2.75, 3.05) is 6.54 Å². The zero-order valence-corrected chi connectivity index (χ0v) is 18.5. The molecule has 4 bridgehead atoms. The SMILES string of the molecule is Cc1ccccc1CN1CCC(C)(C(=O)NC2C3CC4CC2CC(C(N)=O)(C4)C3)C1=O. The fourth-order valence-corrected chi connectivity index (χ4v) is 7.14. The molecule has 0 spiro atoms. The molecule has 3 amide bonds. The van der Waals surface area contributed by atoms with Gasteiger partial charge in [-0.15, -0.1) is 0 Å². The number of nitrogens with two attached hydrogens (primary N) is 1. The third-order valence-corrected chi connectivity index (χ3v) is 8.86. The second-order valence-corrected chi connectivity index (χ2v) is 10.8. The van der Waals surface area contributed by atoms with Gasteiger partial charge in [0.2, 0.25) is 17.7 Å². The Balaban J connectivity index is 1.28. The Morgan fingerprint density at radius 3 is 2.48 bits per heavy atom. The van der Waals surface area contributed by atoms with Crippen LogP contribution in [0.2, 0.25) is 0 Å². The normalized spacial score (nSPS) is 38.5. The molecule has 3 N–H and O–H groups in total. The van der Waals surface area contributed by atoms with Gasteiger partial charge in [0.05, 0.1) is 0 Å². The predicted molar refractivity (Wildman–Crippen MR) is 116 cm³/mol. The number of likely N-dealkylation sites (tertiary alicyclic amines) is 1. The summed E-state index contributed by atoms with van der Waals surface area (Å²) in [5, 5.41) is 3.29. The Morgan fingerprint density at radius 1 is 1.16 bits per heavy atom. The van der Waals surface area contributed by atoms with E-state index in [1.54, 1.807) is 6.92 Å². The largest absolute Gasteiger partial charge is 0.369 e. The van der Waals surface area contributed by atoms with Gasteiger partial charge in [-0.3, -0.25) is 14.4 Å². The van der Waals surface area contributed by atoms with Crippen LogP contribution in [0.4, 0.5) is 0 Å². The quantitative estimate of drug-likeness (QED) is 0.713. The van der Waals surface area contributed by atoms with E-state index in [9.17, 15) is 14.4 Å². The highest BCUT2D eigenvalue weighted by atomic mass is 16.2. The topological polar surface area (TPSA) is 92.5 Å². The number of rotatable bonds is 5. The summed E-state index contributed by atoms with van der Waals surface area (Å²) in [7, 11) is 0. The zero-order chi connectivity index (χ0) is 22.0. The van der Waals surface area contributed by atoms with Crippen LogP contribution in [0.5, 0.6) is 0 Å². The molecule has 4 saturated carbocycles. The van der Waals surface area contributed by atoms with E-state index < -0.39 is 5.41 Å². The molecule has 3 atom stereocenters. The van der Waals surface area contributed by atoms with Gasteiger partial charge in [-0.2, -0.15) is 0 Å². The lowest BCUT2D eigenvalue weighted by atomic mass is 9.47. The first kappa shape index (κ1) is 20.5. The molecule has 1 saturated heterocycles. The number of hydrogen-bond acceptors (Lipinski definition) is 3. The molecule has 5 fully saturated rings. The summed E-state index contributed by atoms with van der Waals surface area (Å²) < 4.78 is 0. The van der Waals surface area contributed by atoms with Crippen molar-refractivity contribution < 1.29 is 14.4 Å². The number of primary amides is 1. The van der Waals surface area contributed by atoms with Gasteiger partial charge in [0.15, 0.2) is 0 Å². The third-order valence-electron chi connectivity index (χ3n) is 8.86. The number of aryl methyl sites for hydroxylation is 1. The summed E-state index contributed by atoms with van der Waals surface area (Å²) in [4.78, 5) is 40.7. The highest BCUT2D eigenvalue weighted by Crippen LogP contribution is 2.60. The molecule has 31 heavy (non-hydrogen) atoms. The fraction of sp³-hybridized carbons (Fsp3) is 0.640. The Hall–Kier alpha value is -2.37. The molecule has 4 aliphatic carbocycles. The molecule has 0 aromatic heterocycles. The van der Waals surface area contributed by atoms with Gasteiger partial charge in [-0.1, -0.05) is 24.3 Å². The Bertz CT molecular complexity index is 928. The maximum Gasteiger partial charge on any atom is 0.238 e. The van der Waals surface area contributed by atoms with Gasteiger partial charge in [0.1, 0.15) is 5.41 Å². The van der Waals surface area contributed by atoms with Gasteiger partial charge in [0, 0.05) is 24.5 Å². The maximum atomic E-state index is 13.4. The van der Waals surface area contributed by atoms with Crippen molar-refractivity contribution >= 4 is 17.7 Å². The molecule has 0 radical (unpaired) electrons. The van der Waals surface area contributed by atoms with Gasteiger partial charge in [-0.25, -0.2) is 0 Å². The average molecular weight is 424 g/mol. The Morgan fingerprint density at radius 2 is 1.84 bits per heavy atom. The highest BCUT2D eigenvalue weighted by Gasteiger charge is 2.59. The average Bonchev–Trinajstić information content (AvgIpc) is 3.01. The van der Waals surface area contributed by atoms with Crippen molar-refractivity contribution in [2.45, 2.75) is 65.0 Å². The van der Waals surface area contributed by atoms with Gasteiger partial charge in [0.25, 0.3) is 0 Å². The van der Waals surface area contributed by atoms with Crippen molar-refractivity contribution in [1.82, 2.24) is 10.2 Å². The molecule has 6 rings (SSSR count). The first-order chi connectivity index (χ1) is 14.7. The van der Waals surface area contributed by atoms with Crippen LogP contribution in [-0.4, -0.2) is 35.2 Å². The van der Waals surface area contributed by atoms with Crippen LogP contribution in [0.3, 0.4) is 0 Å². The molecule has 1 aromatic rings. The van der Waals surface area contributed by atoms with Crippen LogP contribution < -0.4 is 11.1 Å². The number of nitrogens with zero attached hydrogens (tertiary/aromatic N) is 1. The molecular formula is C25H33N3O3. The van der Waals surface area contributed by atoms with Crippen molar-refractivity contribution in [2.24, 2.45) is 34.3 Å². The van der Waals surface area contributed by atoms with Crippen LogP contribution in [0.1, 0.15) is 56.6 Å². The first-order valence-corrected chi connectivity index (χ1v) is 11.7. The standard InChI is InChI=1S/C25H33N3O3/c1-15-5-3-4-6-17(15)14-28-8-7-24(2,23(28)31)22(30)27-20-18-9-16-10-19(20)13-25(11-16,12-18)21(26)29/h3-6,16,18-20H,7-14H2,1-2H3,(H2,26,29)(H,27,30). The molecule has 1 aliphatic heterocycles. The van der Waals surface area contributed by atoms with Crippen LogP contribution in [0.25, 0.3) is 0 Å². The molecule has 6 nitrogen and oxygen atoms in total. The van der Waals surface area contributed by atoms with Gasteiger partial charge < -0.3 is 16.0 Å². The van der Waals surface area contributed by atoms with Gasteiger partial charge in [-0.05, 0) is 81.3 Å². The summed E-state index contributed by atoms with van der Waals surface area (Å²) in [6.45, 7) is 4.99. The smallest absolute Gasteiger partial charge is 0.238 e. The molecule has 166 valence electrons. The van der Waals surface area contributed by atoms with E-state index in [0.717, 1.165) is 43.2 Å². The second-order valence-electron chi connectivity index (χ2n) is 10.8. The molecule has 3 unspecified atom stereocenters. The third kappa shape index (κ3) is 3.17. The van der Waals surface area contributed by atoms with E-state index in [0.29, 0.717) is 37.3 Å². The number of hydrogen-bond donors (Lipinski definition) is 2. The zero-order valence-electron chi connectivity index (χ0n) is 18.5. The van der Waals surface area contributed by atoms with Crippen LogP contribution in [0.15, 0.2) is 24.3 Å².